The van der Waals surface area contributed by atoms with Crippen LogP contribution < -0.4 is 9.13 Å². The third-order valence-corrected chi connectivity index (χ3v) is 2.48. The summed E-state index contributed by atoms with van der Waals surface area (Å²) in [7, 11) is -1.18. The summed E-state index contributed by atoms with van der Waals surface area (Å²) in [5.74, 6) is 0. The fraction of sp³-hybridized carbons (Fsp3) is 0.125. The Bertz CT molecular complexity index is 651. The van der Waals surface area contributed by atoms with Crippen molar-refractivity contribution in [3.05, 3.63) is 73.3 Å². The lowest BCUT2D eigenvalue weighted by atomic mass is 10.3. The van der Waals surface area contributed by atoms with Crippen molar-refractivity contribution in [2.75, 3.05) is 0 Å². The van der Waals surface area contributed by atoms with Crippen LogP contribution in [0.4, 0.5) is 0 Å². The first-order valence-corrected chi connectivity index (χ1v) is 7.81. The van der Waals surface area contributed by atoms with Crippen LogP contribution >= 0.6 is 0 Å². The molecule has 2 aromatic rings. The molecule has 0 N–H and O–H groups in total. The number of aromatic nitrogens is 2. The minimum absolute atomic E-state index is 1.16. The van der Waals surface area contributed by atoms with E-state index in [0.29, 0.717) is 0 Å². The van der Waals surface area contributed by atoms with Crippen LogP contribution in [-0.4, -0.2) is 17.5 Å². The highest BCUT2D eigenvalue weighted by atomic mass is 32.3. The van der Waals surface area contributed by atoms with Crippen molar-refractivity contribution >= 4 is 22.6 Å². The number of rotatable bonds is 2. The van der Waals surface area contributed by atoms with Crippen molar-refractivity contribution in [3.63, 3.8) is 0 Å². The summed E-state index contributed by atoms with van der Waals surface area (Å²) in [4.78, 5) is 0. The predicted octanol–water partition coefficient (Wildman–Crippen LogP) is 0.970. The van der Waals surface area contributed by atoms with E-state index in [2.05, 4.69) is 13.2 Å². The van der Waals surface area contributed by atoms with Gasteiger partial charge in [-0.25, -0.2) is 9.13 Å². The average molecular weight is 336 g/mol. The summed E-state index contributed by atoms with van der Waals surface area (Å²) >= 11 is 0. The maximum Gasteiger partial charge on any atom is 0.169 e. The molecular formula is C16H20N2O4S. The van der Waals surface area contributed by atoms with Gasteiger partial charge in [0.05, 0.1) is 0 Å². The van der Waals surface area contributed by atoms with E-state index in [1.54, 1.807) is 0 Å². The average Bonchev–Trinajstić information content (AvgIpc) is 2.48. The first-order chi connectivity index (χ1) is 10.7. The van der Waals surface area contributed by atoms with Crippen LogP contribution in [0.2, 0.25) is 0 Å². The van der Waals surface area contributed by atoms with Gasteiger partial charge >= 0.3 is 0 Å². The zero-order chi connectivity index (χ0) is 17.9. The number of hydrogen-bond donors (Lipinski definition) is 0. The topological polar surface area (TPSA) is 88.0 Å². The maximum absolute atomic E-state index is 8.52. The fourth-order valence-corrected chi connectivity index (χ4v) is 1.30. The summed E-state index contributed by atoms with van der Waals surface area (Å²) in [6.45, 7) is 7.30. The molecule has 0 amide bonds. The van der Waals surface area contributed by atoms with Crippen LogP contribution in [0.5, 0.6) is 0 Å². The van der Waals surface area contributed by atoms with Gasteiger partial charge in [0.15, 0.2) is 24.8 Å². The van der Waals surface area contributed by atoms with E-state index in [9.17, 15) is 0 Å². The van der Waals surface area contributed by atoms with Crippen molar-refractivity contribution in [1.82, 2.24) is 0 Å². The van der Waals surface area contributed by atoms with Gasteiger partial charge in [0, 0.05) is 34.7 Å². The van der Waals surface area contributed by atoms with E-state index >= 15 is 0 Å². The standard InChI is InChI=1S/2C8H10N.H2O4S/c2*1-3-8-4-6-9(2)7-5-8;1-5(2,3)4/h2*3-7H,1H2,2H3;(H2,1,2,3,4)/q2*+1;/p-2. The lowest BCUT2D eigenvalue weighted by Crippen LogP contribution is -2.25. The quantitative estimate of drug-likeness (QED) is 0.464. The van der Waals surface area contributed by atoms with Gasteiger partial charge in [-0.3, -0.25) is 8.42 Å². The van der Waals surface area contributed by atoms with Gasteiger partial charge in [-0.2, -0.15) is 0 Å². The largest absolute Gasteiger partial charge is 0.759 e. The molecule has 124 valence electrons. The normalized spacial score (nSPS) is 9.57. The summed E-state index contributed by atoms with van der Waals surface area (Å²) < 4.78 is 38.1. The Kier molecular flexibility index (Phi) is 9.33. The summed E-state index contributed by atoms with van der Waals surface area (Å²) in [6.07, 6.45) is 11.7. The Balaban J connectivity index is 0.000000332. The van der Waals surface area contributed by atoms with Gasteiger partial charge in [-0.15, -0.1) is 0 Å². The molecule has 2 heterocycles. The Morgan fingerprint density at radius 3 is 1.22 bits per heavy atom. The fourth-order valence-electron chi connectivity index (χ4n) is 1.30. The number of hydrogen-bond acceptors (Lipinski definition) is 4. The highest BCUT2D eigenvalue weighted by molar-refractivity contribution is 7.79. The molecule has 0 radical (unpaired) electrons. The number of aryl methyl sites for hydroxylation is 2. The molecule has 0 aliphatic carbocycles. The highest BCUT2D eigenvalue weighted by Crippen LogP contribution is 1.94. The van der Waals surface area contributed by atoms with Crippen molar-refractivity contribution in [2.24, 2.45) is 14.1 Å². The van der Waals surface area contributed by atoms with Crippen LogP contribution in [-0.2, 0) is 24.5 Å². The van der Waals surface area contributed by atoms with E-state index in [1.165, 1.54) is 0 Å². The minimum atomic E-state index is -5.17. The molecule has 0 bridgehead atoms. The minimum Gasteiger partial charge on any atom is -0.759 e. The molecule has 2 aromatic heterocycles. The third-order valence-electron chi connectivity index (χ3n) is 2.48. The first kappa shape index (κ1) is 20.6. The molecule has 0 spiro atoms. The second kappa shape index (κ2) is 10.4. The molecule has 0 aromatic carbocycles. The van der Waals surface area contributed by atoms with Gasteiger partial charge in [0.25, 0.3) is 0 Å². The molecule has 23 heavy (non-hydrogen) atoms. The highest BCUT2D eigenvalue weighted by Gasteiger charge is 1.88. The van der Waals surface area contributed by atoms with Crippen molar-refractivity contribution < 1.29 is 26.7 Å². The summed E-state index contributed by atoms with van der Waals surface area (Å²) in [6, 6.07) is 8.08. The van der Waals surface area contributed by atoms with E-state index in [-0.39, 0.29) is 0 Å². The smallest absolute Gasteiger partial charge is 0.169 e. The van der Waals surface area contributed by atoms with Gasteiger partial charge in [-0.05, 0) is 11.1 Å². The predicted molar refractivity (Wildman–Crippen MR) is 85.9 cm³/mol. The molecule has 0 atom stereocenters. The van der Waals surface area contributed by atoms with Crippen molar-refractivity contribution in [3.8, 4) is 0 Å². The third kappa shape index (κ3) is 13.1. The monoisotopic (exact) mass is 336 g/mol. The van der Waals surface area contributed by atoms with E-state index in [4.69, 9.17) is 17.5 Å². The molecular weight excluding hydrogens is 316 g/mol. The maximum atomic E-state index is 8.52. The molecule has 0 fully saturated rings. The summed E-state index contributed by atoms with van der Waals surface area (Å²) in [5.41, 5.74) is 2.32. The van der Waals surface area contributed by atoms with E-state index < -0.39 is 10.4 Å². The molecule has 0 saturated heterocycles. The number of nitrogens with zero attached hydrogens (tertiary/aromatic N) is 2. The van der Waals surface area contributed by atoms with Gasteiger partial charge in [-0.1, -0.05) is 25.3 Å². The Morgan fingerprint density at radius 2 is 1.04 bits per heavy atom. The van der Waals surface area contributed by atoms with Gasteiger partial charge in [0.2, 0.25) is 0 Å². The molecule has 0 saturated carbocycles. The van der Waals surface area contributed by atoms with Crippen LogP contribution in [0.25, 0.3) is 12.2 Å². The van der Waals surface area contributed by atoms with Crippen molar-refractivity contribution in [2.45, 2.75) is 0 Å². The van der Waals surface area contributed by atoms with Crippen LogP contribution in [0, 0.1) is 0 Å². The second-order valence-corrected chi connectivity index (χ2v) is 5.23. The molecule has 6 nitrogen and oxygen atoms in total. The Labute approximate surface area is 137 Å². The zero-order valence-corrected chi connectivity index (χ0v) is 13.9. The molecule has 0 unspecified atom stereocenters. The molecule has 0 aliphatic rings. The lowest BCUT2D eigenvalue weighted by molar-refractivity contribution is -0.671. The molecule has 0 aliphatic heterocycles. The number of pyridine rings is 2. The SMILES string of the molecule is C=Cc1cc[n+](C)cc1.C=Cc1cc[n+](C)cc1.O=S(=O)([O-])[O-]. The summed E-state index contributed by atoms with van der Waals surface area (Å²) in [5, 5.41) is 0. The van der Waals surface area contributed by atoms with Gasteiger partial charge < -0.3 is 9.11 Å². The molecule has 2 rings (SSSR count). The molecule has 7 heteroatoms. The van der Waals surface area contributed by atoms with Crippen LogP contribution in [0.15, 0.2) is 62.2 Å². The van der Waals surface area contributed by atoms with E-state index in [1.807, 2.05) is 84.4 Å². The lowest BCUT2D eigenvalue weighted by Gasteiger charge is -2.06. The van der Waals surface area contributed by atoms with Crippen LogP contribution in [0.3, 0.4) is 0 Å². The first-order valence-electron chi connectivity index (χ1n) is 6.48. The van der Waals surface area contributed by atoms with E-state index in [0.717, 1.165) is 11.1 Å². The second-order valence-electron chi connectivity index (χ2n) is 4.41. The zero-order valence-electron chi connectivity index (χ0n) is 13.1. The van der Waals surface area contributed by atoms with Gasteiger partial charge in [0.1, 0.15) is 14.1 Å². The Hall–Kier alpha value is -2.35. The van der Waals surface area contributed by atoms with Crippen molar-refractivity contribution in [1.29, 1.82) is 0 Å². The van der Waals surface area contributed by atoms with Crippen LogP contribution in [0.1, 0.15) is 11.1 Å². The Morgan fingerprint density at radius 1 is 0.826 bits per heavy atom.